The van der Waals surface area contributed by atoms with Crippen LogP contribution in [0.3, 0.4) is 0 Å². The molecule has 3 aromatic carbocycles. The van der Waals surface area contributed by atoms with Crippen molar-refractivity contribution in [3.8, 4) is 0 Å². The number of carbonyl (C=O) groups is 5. The molecule has 10 nitrogen and oxygen atoms in total. The number of hydrogen-bond donors (Lipinski definition) is 4. The summed E-state index contributed by atoms with van der Waals surface area (Å²) < 4.78 is 0. The van der Waals surface area contributed by atoms with Crippen molar-refractivity contribution in [3.63, 3.8) is 0 Å². The van der Waals surface area contributed by atoms with Crippen LogP contribution in [0.15, 0.2) is 91.0 Å². The smallest absolute Gasteiger partial charge is 0.243 e. The quantitative estimate of drug-likeness (QED) is 0.182. The van der Waals surface area contributed by atoms with Gasteiger partial charge in [0.1, 0.15) is 23.7 Å². The van der Waals surface area contributed by atoms with Crippen LogP contribution in [-0.2, 0) is 29.5 Å². The molecular weight excluding hydrogens is 618 g/mol. The number of hydrogen-bond acceptors (Lipinski definition) is 5. The number of nitrogens with zero attached hydrogens (tertiary/aromatic N) is 1. The Labute approximate surface area is 289 Å². The molecule has 0 unspecified atom stereocenters. The Morgan fingerprint density at radius 1 is 0.796 bits per heavy atom. The maximum Gasteiger partial charge on any atom is 0.243 e. The van der Waals surface area contributed by atoms with E-state index in [1.165, 1.54) is 11.8 Å². The summed E-state index contributed by atoms with van der Waals surface area (Å²) in [6.45, 7) is 7.86. The van der Waals surface area contributed by atoms with Gasteiger partial charge in [-0.05, 0) is 48.3 Å². The first kappa shape index (κ1) is 36.8. The topological polar surface area (TPSA) is 137 Å². The summed E-state index contributed by atoms with van der Waals surface area (Å²) >= 11 is 0. The average molecular weight is 668 g/mol. The Bertz CT molecular complexity index is 1470. The second-order valence-corrected chi connectivity index (χ2v) is 12.9. The molecule has 0 aromatic heterocycles. The summed E-state index contributed by atoms with van der Waals surface area (Å²) in [6, 6.07) is 26.6. The largest absolute Gasteiger partial charge is 0.354 e. The van der Waals surface area contributed by atoms with E-state index < -0.39 is 41.4 Å². The Kier molecular flexibility index (Phi) is 13.1. The highest BCUT2D eigenvalue weighted by molar-refractivity contribution is 5.94. The maximum absolute atomic E-state index is 14.0. The van der Waals surface area contributed by atoms with E-state index in [4.69, 9.17) is 0 Å². The molecular formula is C39H49N5O5. The molecule has 0 aliphatic carbocycles. The van der Waals surface area contributed by atoms with Gasteiger partial charge in [-0.3, -0.25) is 24.0 Å². The van der Waals surface area contributed by atoms with Gasteiger partial charge < -0.3 is 26.2 Å². The van der Waals surface area contributed by atoms with Crippen molar-refractivity contribution in [3.05, 3.63) is 108 Å². The zero-order valence-corrected chi connectivity index (χ0v) is 28.9. The normalized spacial score (nSPS) is 15.6. The van der Waals surface area contributed by atoms with Gasteiger partial charge >= 0.3 is 0 Å². The average Bonchev–Trinajstić information content (AvgIpc) is 3.62. The third kappa shape index (κ3) is 9.13. The lowest BCUT2D eigenvalue weighted by molar-refractivity contribution is -0.139. The van der Waals surface area contributed by atoms with Crippen molar-refractivity contribution >= 4 is 29.5 Å². The Hall–Kier alpha value is -4.99. The van der Waals surface area contributed by atoms with Crippen LogP contribution in [-0.4, -0.2) is 65.7 Å². The number of nitrogens with one attached hydrogen (secondary N) is 4. The van der Waals surface area contributed by atoms with E-state index in [1.54, 1.807) is 13.8 Å². The van der Waals surface area contributed by atoms with Crippen molar-refractivity contribution in [2.24, 2.45) is 5.92 Å². The second kappa shape index (κ2) is 17.4. The lowest BCUT2D eigenvalue weighted by Gasteiger charge is -2.37. The fourth-order valence-corrected chi connectivity index (χ4v) is 6.43. The minimum atomic E-state index is -1.03. The van der Waals surface area contributed by atoms with E-state index in [9.17, 15) is 24.0 Å². The monoisotopic (exact) mass is 667 g/mol. The maximum atomic E-state index is 14.0. The van der Waals surface area contributed by atoms with Crippen molar-refractivity contribution in [1.29, 1.82) is 0 Å². The van der Waals surface area contributed by atoms with Crippen molar-refractivity contribution < 1.29 is 24.0 Å². The van der Waals surface area contributed by atoms with Crippen LogP contribution in [0, 0.1) is 5.92 Å². The van der Waals surface area contributed by atoms with Gasteiger partial charge in [0.05, 0.1) is 0 Å². The number of carbonyl (C=O) groups excluding carboxylic acids is 5. The van der Waals surface area contributed by atoms with E-state index in [1.807, 2.05) is 97.9 Å². The van der Waals surface area contributed by atoms with Crippen molar-refractivity contribution in [2.45, 2.75) is 83.5 Å². The van der Waals surface area contributed by atoms with E-state index in [2.05, 4.69) is 21.3 Å². The number of amides is 5. The summed E-state index contributed by atoms with van der Waals surface area (Å²) in [6.07, 6.45) is 1.89. The van der Waals surface area contributed by atoms with Crippen molar-refractivity contribution in [2.75, 3.05) is 13.1 Å². The van der Waals surface area contributed by atoms with Crippen LogP contribution >= 0.6 is 0 Å². The molecule has 3 aromatic rings. The van der Waals surface area contributed by atoms with Crippen LogP contribution in [0.4, 0.5) is 0 Å². The first-order valence-corrected chi connectivity index (χ1v) is 17.2. The van der Waals surface area contributed by atoms with Gasteiger partial charge in [0.25, 0.3) is 0 Å². The minimum absolute atomic E-state index is 0.0288. The zero-order chi connectivity index (χ0) is 35.4. The molecule has 4 rings (SSSR count). The third-order valence-corrected chi connectivity index (χ3v) is 9.00. The lowest BCUT2D eigenvalue weighted by atomic mass is 9.77. The summed E-state index contributed by atoms with van der Waals surface area (Å²) in [5, 5.41) is 11.8. The fourth-order valence-electron chi connectivity index (χ4n) is 6.43. The van der Waals surface area contributed by atoms with Crippen LogP contribution < -0.4 is 21.3 Å². The summed E-state index contributed by atoms with van der Waals surface area (Å²) in [5.74, 6) is -2.13. The lowest BCUT2D eigenvalue weighted by Crippen LogP contribution is -2.58. The predicted octanol–water partition coefficient (Wildman–Crippen LogP) is 4.04. The molecule has 4 N–H and O–H groups in total. The van der Waals surface area contributed by atoms with E-state index in [0.29, 0.717) is 32.4 Å². The SMILES string of the molecule is CCCNC(=O)[C@H](CCC(=O)NC(c1ccccc1)(c1ccccc1)c1ccccc1)NC(=O)[C@@H](NC(=O)[C@@H]1CCCN1C(C)=O)C(C)C. The molecule has 0 spiro atoms. The van der Waals surface area contributed by atoms with Crippen molar-refractivity contribution in [1.82, 2.24) is 26.2 Å². The Morgan fingerprint density at radius 2 is 1.33 bits per heavy atom. The van der Waals surface area contributed by atoms with Gasteiger partial charge in [-0.1, -0.05) is 112 Å². The molecule has 3 atom stereocenters. The van der Waals surface area contributed by atoms with E-state index >= 15 is 0 Å². The standard InChI is InChI=1S/C39H49N5O5/c1-5-25-40-36(47)32(41-38(49)35(27(2)3)42-37(48)33-22-15-26-44(33)28(4)45)23-24-34(46)43-39(29-16-9-6-10-17-29,30-18-11-7-12-19-30)31-20-13-8-14-21-31/h6-14,16-21,27,32-33,35H,5,15,22-26H2,1-4H3,(H,40,47)(H,41,49)(H,42,48)(H,43,46)/t32-,33-,35-/m0/s1. The molecule has 5 amide bonds. The molecule has 1 saturated heterocycles. The molecule has 1 fully saturated rings. The highest BCUT2D eigenvalue weighted by atomic mass is 16.2. The molecule has 1 heterocycles. The zero-order valence-electron chi connectivity index (χ0n) is 28.9. The summed E-state index contributed by atoms with van der Waals surface area (Å²) in [7, 11) is 0. The molecule has 10 heteroatoms. The molecule has 0 bridgehead atoms. The van der Waals surface area contributed by atoms with Crippen LogP contribution in [0.1, 0.15) is 76.5 Å². The van der Waals surface area contributed by atoms with Gasteiger partial charge in [0.2, 0.25) is 29.5 Å². The first-order chi connectivity index (χ1) is 23.6. The number of benzene rings is 3. The van der Waals surface area contributed by atoms with Gasteiger partial charge in [-0.15, -0.1) is 0 Å². The van der Waals surface area contributed by atoms with E-state index in [-0.39, 0.29) is 30.6 Å². The Morgan fingerprint density at radius 3 is 1.80 bits per heavy atom. The molecule has 49 heavy (non-hydrogen) atoms. The summed E-state index contributed by atoms with van der Waals surface area (Å²) in [5.41, 5.74) is 1.58. The fraction of sp³-hybridized carbons (Fsp3) is 0.410. The third-order valence-electron chi connectivity index (χ3n) is 9.00. The van der Waals surface area contributed by atoms with Gasteiger partial charge in [-0.2, -0.15) is 0 Å². The summed E-state index contributed by atoms with van der Waals surface area (Å²) in [4.78, 5) is 67.8. The minimum Gasteiger partial charge on any atom is -0.354 e. The Balaban J connectivity index is 1.56. The van der Waals surface area contributed by atoms with Gasteiger partial charge in [0, 0.05) is 26.4 Å². The molecule has 1 aliphatic heterocycles. The van der Waals surface area contributed by atoms with Crippen LogP contribution in [0.25, 0.3) is 0 Å². The molecule has 0 saturated carbocycles. The van der Waals surface area contributed by atoms with Crippen LogP contribution in [0.5, 0.6) is 0 Å². The predicted molar refractivity (Wildman–Crippen MR) is 189 cm³/mol. The first-order valence-electron chi connectivity index (χ1n) is 17.2. The second-order valence-electron chi connectivity index (χ2n) is 12.9. The van der Waals surface area contributed by atoms with Crippen LogP contribution in [0.2, 0.25) is 0 Å². The number of likely N-dealkylation sites (tertiary alicyclic amines) is 1. The van der Waals surface area contributed by atoms with E-state index in [0.717, 1.165) is 16.7 Å². The molecule has 1 aliphatic rings. The molecule has 0 radical (unpaired) electrons. The highest BCUT2D eigenvalue weighted by Gasteiger charge is 2.39. The number of rotatable bonds is 15. The van der Waals surface area contributed by atoms with Gasteiger partial charge in [0.15, 0.2) is 0 Å². The molecule has 260 valence electrons. The highest BCUT2D eigenvalue weighted by Crippen LogP contribution is 2.37. The van der Waals surface area contributed by atoms with Gasteiger partial charge in [-0.25, -0.2) is 0 Å².